The van der Waals surface area contributed by atoms with E-state index < -0.39 is 5.82 Å². The van der Waals surface area contributed by atoms with Crippen molar-refractivity contribution < 1.29 is 9.18 Å². The molecule has 1 aliphatic rings. The Morgan fingerprint density at radius 3 is 2.72 bits per heavy atom. The monoisotopic (exact) mass is 313 g/mol. The number of hydrogen-bond donors (Lipinski definition) is 0. The minimum absolute atomic E-state index is 0.152. The van der Waals surface area contributed by atoms with Crippen LogP contribution in [0.1, 0.15) is 30.6 Å². The van der Waals surface area contributed by atoms with Crippen molar-refractivity contribution in [3.05, 3.63) is 34.1 Å². The number of rotatable bonds is 1. The third kappa shape index (κ3) is 2.58. The second-order valence-electron chi connectivity index (χ2n) is 5.09. The molecule has 98 valence electrons. The lowest BCUT2D eigenvalue weighted by Crippen LogP contribution is -2.42. The van der Waals surface area contributed by atoms with E-state index in [9.17, 15) is 9.18 Å². The molecule has 1 heterocycles. The van der Waals surface area contributed by atoms with Crippen LogP contribution in [0.2, 0.25) is 0 Å². The molecule has 2 rings (SSSR count). The first-order chi connectivity index (χ1) is 8.50. The zero-order chi connectivity index (χ0) is 13.3. The molecular weight excluding hydrogens is 297 g/mol. The standard InChI is InChI=1S/C14H17BrFNO/c1-9-6-7-17(8-10(9)2)14(18)13-11(15)4-3-5-12(13)16/h3-5,9-10H,6-8H2,1-2H3. The van der Waals surface area contributed by atoms with Crippen LogP contribution < -0.4 is 0 Å². The van der Waals surface area contributed by atoms with Crippen molar-refractivity contribution in [1.82, 2.24) is 4.90 Å². The lowest BCUT2D eigenvalue weighted by molar-refractivity contribution is 0.0622. The molecule has 18 heavy (non-hydrogen) atoms. The zero-order valence-electron chi connectivity index (χ0n) is 10.6. The normalized spacial score (nSPS) is 24.1. The van der Waals surface area contributed by atoms with Gasteiger partial charge in [0.15, 0.2) is 0 Å². The second-order valence-corrected chi connectivity index (χ2v) is 5.95. The van der Waals surface area contributed by atoms with Crippen molar-refractivity contribution in [3.8, 4) is 0 Å². The maximum absolute atomic E-state index is 13.8. The first kappa shape index (κ1) is 13.5. The van der Waals surface area contributed by atoms with Crippen LogP contribution in [0.15, 0.2) is 22.7 Å². The minimum atomic E-state index is -0.458. The van der Waals surface area contributed by atoms with Gasteiger partial charge in [-0.3, -0.25) is 4.79 Å². The average molecular weight is 314 g/mol. The molecule has 0 saturated carbocycles. The van der Waals surface area contributed by atoms with Gasteiger partial charge in [0.05, 0.1) is 5.56 Å². The second kappa shape index (κ2) is 5.39. The maximum atomic E-state index is 13.8. The SMILES string of the molecule is CC1CCN(C(=O)c2c(F)cccc2Br)CC1C. The molecule has 1 aromatic carbocycles. The molecule has 2 atom stereocenters. The van der Waals surface area contributed by atoms with Crippen molar-refractivity contribution in [2.75, 3.05) is 13.1 Å². The molecule has 2 unspecified atom stereocenters. The first-order valence-corrected chi connectivity index (χ1v) is 7.03. The Kier molecular flexibility index (Phi) is 4.05. The Morgan fingerprint density at radius 2 is 2.11 bits per heavy atom. The summed E-state index contributed by atoms with van der Waals surface area (Å²) in [5.74, 6) is 0.422. The number of carbonyl (C=O) groups excluding carboxylic acids is 1. The molecule has 1 fully saturated rings. The summed E-state index contributed by atoms with van der Waals surface area (Å²) in [6, 6.07) is 4.62. The van der Waals surface area contributed by atoms with Gasteiger partial charge in [-0.25, -0.2) is 4.39 Å². The Labute approximate surface area is 115 Å². The number of hydrogen-bond acceptors (Lipinski definition) is 1. The quantitative estimate of drug-likeness (QED) is 0.774. The van der Waals surface area contributed by atoms with Gasteiger partial charge in [-0.15, -0.1) is 0 Å². The maximum Gasteiger partial charge on any atom is 0.257 e. The molecule has 1 aliphatic heterocycles. The molecule has 2 nitrogen and oxygen atoms in total. The summed E-state index contributed by atoms with van der Waals surface area (Å²) in [6.07, 6.45) is 0.985. The van der Waals surface area contributed by atoms with Crippen LogP contribution in [-0.2, 0) is 0 Å². The van der Waals surface area contributed by atoms with Gasteiger partial charge in [0.25, 0.3) is 5.91 Å². The van der Waals surface area contributed by atoms with Crippen LogP contribution in [0.4, 0.5) is 4.39 Å². The molecule has 1 saturated heterocycles. The number of nitrogens with zero attached hydrogens (tertiary/aromatic N) is 1. The van der Waals surface area contributed by atoms with Crippen LogP contribution in [0.5, 0.6) is 0 Å². The fourth-order valence-electron chi connectivity index (χ4n) is 2.31. The van der Waals surface area contributed by atoms with Crippen molar-refractivity contribution in [2.45, 2.75) is 20.3 Å². The van der Waals surface area contributed by atoms with Crippen LogP contribution >= 0.6 is 15.9 Å². The number of piperidine rings is 1. The van der Waals surface area contributed by atoms with Crippen molar-refractivity contribution in [2.24, 2.45) is 11.8 Å². The van der Waals surface area contributed by atoms with E-state index in [0.717, 1.165) is 6.42 Å². The molecule has 0 radical (unpaired) electrons. The van der Waals surface area contributed by atoms with Crippen LogP contribution in [0.3, 0.4) is 0 Å². The predicted octanol–water partition coefficient (Wildman–Crippen LogP) is 3.71. The Hall–Kier alpha value is -0.900. The minimum Gasteiger partial charge on any atom is -0.338 e. The Balaban J connectivity index is 2.22. The van der Waals surface area contributed by atoms with E-state index in [4.69, 9.17) is 0 Å². The molecule has 0 bridgehead atoms. The summed E-state index contributed by atoms with van der Waals surface area (Å²) in [6.45, 7) is 5.76. The van der Waals surface area contributed by atoms with Gasteiger partial charge >= 0.3 is 0 Å². The van der Waals surface area contributed by atoms with E-state index in [0.29, 0.717) is 29.4 Å². The van der Waals surface area contributed by atoms with E-state index in [1.807, 2.05) is 0 Å². The summed E-state index contributed by atoms with van der Waals surface area (Å²) >= 11 is 3.25. The van der Waals surface area contributed by atoms with E-state index in [1.165, 1.54) is 6.07 Å². The fourth-order valence-corrected chi connectivity index (χ4v) is 2.82. The largest absolute Gasteiger partial charge is 0.338 e. The van der Waals surface area contributed by atoms with Gasteiger partial charge in [-0.05, 0) is 46.3 Å². The van der Waals surface area contributed by atoms with Crippen LogP contribution in [-0.4, -0.2) is 23.9 Å². The summed E-state index contributed by atoms with van der Waals surface area (Å²) in [5, 5.41) is 0. The molecule has 0 N–H and O–H groups in total. The number of amides is 1. The summed E-state index contributed by atoms with van der Waals surface area (Å²) < 4.78 is 14.3. The highest BCUT2D eigenvalue weighted by atomic mass is 79.9. The van der Waals surface area contributed by atoms with Gasteiger partial charge in [0.1, 0.15) is 5.82 Å². The highest BCUT2D eigenvalue weighted by Gasteiger charge is 2.28. The van der Waals surface area contributed by atoms with Crippen LogP contribution in [0, 0.1) is 17.7 Å². The molecule has 1 aromatic rings. The Morgan fingerprint density at radius 1 is 1.39 bits per heavy atom. The number of halogens is 2. The molecule has 0 spiro atoms. The van der Waals surface area contributed by atoms with Gasteiger partial charge in [0, 0.05) is 17.6 Å². The topological polar surface area (TPSA) is 20.3 Å². The fraction of sp³-hybridized carbons (Fsp3) is 0.500. The summed E-state index contributed by atoms with van der Waals surface area (Å²) in [4.78, 5) is 14.1. The van der Waals surface area contributed by atoms with E-state index in [-0.39, 0.29) is 11.5 Å². The first-order valence-electron chi connectivity index (χ1n) is 6.24. The molecule has 0 aliphatic carbocycles. The summed E-state index contributed by atoms with van der Waals surface area (Å²) in [5.41, 5.74) is 0.152. The molecule has 0 aromatic heterocycles. The van der Waals surface area contributed by atoms with E-state index >= 15 is 0 Å². The molecular formula is C14H17BrFNO. The highest BCUT2D eigenvalue weighted by molar-refractivity contribution is 9.10. The van der Waals surface area contributed by atoms with Gasteiger partial charge in [-0.2, -0.15) is 0 Å². The Bertz CT molecular complexity index is 443. The molecule has 1 amide bonds. The third-order valence-electron chi connectivity index (χ3n) is 3.80. The van der Waals surface area contributed by atoms with Crippen molar-refractivity contribution in [1.29, 1.82) is 0 Å². The van der Waals surface area contributed by atoms with Gasteiger partial charge < -0.3 is 4.90 Å². The number of carbonyl (C=O) groups is 1. The predicted molar refractivity (Wildman–Crippen MR) is 72.9 cm³/mol. The zero-order valence-corrected chi connectivity index (χ0v) is 12.2. The average Bonchev–Trinajstić information content (AvgIpc) is 2.32. The third-order valence-corrected chi connectivity index (χ3v) is 4.46. The van der Waals surface area contributed by atoms with Gasteiger partial charge in [0.2, 0.25) is 0 Å². The van der Waals surface area contributed by atoms with Crippen molar-refractivity contribution in [3.63, 3.8) is 0 Å². The smallest absolute Gasteiger partial charge is 0.257 e. The summed E-state index contributed by atoms with van der Waals surface area (Å²) in [7, 11) is 0. The highest BCUT2D eigenvalue weighted by Crippen LogP contribution is 2.26. The van der Waals surface area contributed by atoms with E-state index in [2.05, 4.69) is 29.8 Å². The number of likely N-dealkylation sites (tertiary alicyclic amines) is 1. The molecule has 4 heteroatoms. The van der Waals surface area contributed by atoms with Crippen LogP contribution in [0.25, 0.3) is 0 Å². The van der Waals surface area contributed by atoms with Crippen molar-refractivity contribution >= 4 is 21.8 Å². The van der Waals surface area contributed by atoms with Gasteiger partial charge in [-0.1, -0.05) is 19.9 Å². The lowest BCUT2D eigenvalue weighted by atomic mass is 9.88. The lowest BCUT2D eigenvalue weighted by Gasteiger charge is -2.35. The number of benzene rings is 1. The van der Waals surface area contributed by atoms with E-state index in [1.54, 1.807) is 17.0 Å².